The van der Waals surface area contributed by atoms with Crippen molar-refractivity contribution >= 4 is 23.8 Å². The number of carbonyl (C=O) groups excluding carboxylic acids is 2. The lowest BCUT2D eigenvalue weighted by Crippen LogP contribution is -2.47. The predicted molar refractivity (Wildman–Crippen MR) is 106 cm³/mol. The summed E-state index contributed by atoms with van der Waals surface area (Å²) in [5.41, 5.74) is 2.28. The third kappa shape index (κ3) is 3.98. The maximum Gasteiger partial charge on any atom is 0.255 e. The molecule has 146 valence electrons. The van der Waals surface area contributed by atoms with Crippen molar-refractivity contribution < 1.29 is 9.59 Å². The Morgan fingerprint density at radius 3 is 2.59 bits per heavy atom. The molecule has 1 fully saturated rings. The number of nitrogens with zero attached hydrogens (tertiary/aromatic N) is 5. The van der Waals surface area contributed by atoms with Crippen molar-refractivity contribution in [3.05, 3.63) is 29.6 Å². The minimum atomic E-state index is 0.0360. The van der Waals surface area contributed by atoms with Crippen molar-refractivity contribution in [3.63, 3.8) is 0 Å². The fourth-order valence-corrected chi connectivity index (χ4v) is 3.48. The molecule has 7 heteroatoms. The van der Waals surface area contributed by atoms with E-state index in [0.29, 0.717) is 12.1 Å². The summed E-state index contributed by atoms with van der Waals surface area (Å²) in [5, 5.41) is 0. The highest BCUT2D eigenvalue weighted by molar-refractivity contribution is 5.94. The minimum Gasteiger partial charge on any atom is -0.336 e. The van der Waals surface area contributed by atoms with Crippen LogP contribution in [-0.2, 0) is 11.2 Å². The molecule has 3 heterocycles. The molecule has 7 nitrogen and oxygen atoms in total. The Bertz CT molecular complexity index is 808. The number of pyridine rings is 1. The van der Waals surface area contributed by atoms with E-state index in [1.165, 1.54) is 0 Å². The highest BCUT2D eigenvalue weighted by Crippen LogP contribution is 2.24. The molecule has 0 aromatic carbocycles. The fraction of sp³-hybridized carbons (Fsp3) is 0.550. The second-order valence-corrected chi connectivity index (χ2v) is 7.13. The smallest absolute Gasteiger partial charge is 0.255 e. The molecule has 0 saturated carbocycles. The van der Waals surface area contributed by atoms with E-state index in [1.54, 1.807) is 4.90 Å². The number of piperazine rings is 1. The number of amides is 2. The van der Waals surface area contributed by atoms with Gasteiger partial charge in [-0.3, -0.25) is 18.9 Å². The van der Waals surface area contributed by atoms with Crippen LogP contribution in [0.5, 0.6) is 0 Å². The number of imidazole rings is 1. The number of hydrogen-bond acceptors (Lipinski definition) is 4. The number of unbranched alkanes of at least 4 members (excludes halogenated alkanes) is 1. The van der Waals surface area contributed by atoms with Gasteiger partial charge in [0.15, 0.2) is 0 Å². The third-order valence-electron chi connectivity index (χ3n) is 5.19. The topological polar surface area (TPSA) is 61.2 Å². The van der Waals surface area contributed by atoms with Crippen molar-refractivity contribution in [2.24, 2.45) is 0 Å². The molecule has 1 aliphatic rings. The van der Waals surface area contributed by atoms with Crippen LogP contribution in [0.15, 0.2) is 18.3 Å². The van der Waals surface area contributed by atoms with Gasteiger partial charge in [-0.15, -0.1) is 0 Å². The van der Waals surface area contributed by atoms with E-state index in [9.17, 15) is 9.59 Å². The second-order valence-electron chi connectivity index (χ2n) is 7.13. The molecule has 0 aliphatic carbocycles. The first-order valence-electron chi connectivity index (χ1n) is 9.79. The number of rotatable bonds is 7. The molecule has 0 unspecified atom stereocenters. The van der Waals surface area contributed by atoms with Crippen molar-refractivity contribution in [1.29, 1.82) is 0 Å². The molecule has 2 aromatic rings. The summed E-state index contributed by atoms with van der Waals surface area (Å²) in [4.78, 5) is 35.2. The highest BCUT2D eigenvalue weighted by atomic mass is 16.2. The molecule has 2 amide bonds. The van der Waals surface area contributed by atoms with Crippen molar-refractivity contribution in [3.8, 4) is 0 Å². The summed E-state index contributed by atoms with van der Waals surface area (Å²) >= 11 is 0. The van der Waals surface area contributed by atoms with Crippen LogP contribution in [0, 0.1) is 0 Å². The number of aromatic nitrogens is 2. The van der Waals surface area contributed by atoms with Crippen LogP contribution in [0.3, 0.4) is 0 Å². The van der Waals surface area contributed by atoms with Gasteiger partial charge < -0.3 is 9.80 Å². The van der Waals surface area contributed by atoms with E-state index < -0.39 is 0 Å². The standard InChI is InChI=1S/C20H29N5O2/c1-4-6-9-24(15-26)19-17(5-2)21-18-8-7-16(14-25(18)19)20(27)23-12-10-22(3)11-13-23/h7-8,14-15H,4-6,9-13H2,1-3H3. The van der Waals surface area contributed by atoms with Crippen LogP contribution in [0.2, 0.25) is 0 Å². The molecule has 1 saturated heterocycles. The maximum atomic E-state index is 12.9. The average Bonchev–Trinajstić information content (AvgIpc) is 3.06. The number of carbonyl (C=O) groups is 2. The molecule has 3 rings (SSSR count). The van der Waals surface area contributed by atoms with Gasteiger partial charge in [0.1, 0.15) is 11.5 Å². The lowest BCUT2D eigenvalue weighted by molar-refractivity contribution is -0.107. The SMILES string of the molecule is CCCCN(C=O)c1c(CC)nc2ccc(C(=O)N3CCN(C)CC3)cn12. The van der Waals surface area contributed by atoms with E-state index in [0.717, 1.165) is 69.0 Å². The summed E-state index contributed by atoms with van der Waals surface area (Å²) in [6.45, 7) is 8.04. The zero-order valence-electron chi connectivity index (χ0n) is 16.5. The summed E-state index contributed by atoms with van der Waals surface area (Å²) in [6.07, 6.45) is 5.37. The summed E-state index contributed by atoms with van der Waals surface area (Å²) < 4.78 is 1.90. The monoisotopic (exact) mass is 371 g/mol. The van der Waals surface area contributed by atoms with E-state index in [2.05, 4.69) is 23.9 Å². The Kier molecular flexibility index (Phi) is 6.11. The molecule has 0 radical (unpaired) electrons. The van der Waals surface area contributed by atoms with Crippen molar-refractivity contribution in [2.45, 2.75) is 33.1 Å². The first-order valence-corrected chi connectivity index (χ1v) is 9.79. The highest BCUT2D eigenvalue weighted by Gasteiger charge is 2.22. The van der Waals surface area contributed by atoms with Crippen molar-refractivity contribution in [1.82, 2.24) is 19.2 Å². The van der Waals surface area contributed by atoms with Crippen LogP contribution in [-0.4, -0.2) is 71.3 Å². The zero-order valence-corrected chi connectivity index (χ0v) is 16.5. The zero-order chi connectivity index (χ0) is 19.4. The summed E-state index contributed by atoms with van der Waals surface area (Å²) in [5.74, 6) is 0.817. The second kappa shape index (κ2) is 8.52. The molecule has 0 spiro atoms. The van der Waals surface area contributed by atoms with Gasteiger partial charge in [-0.05, 0) is 32.0 Å². The molecule has 27 heavy (non-hydrogen) atoms. The number of fused-ring (bicyclic) bond motifs is 1. The van der Waals surface area contributed by atoms with Gasteiger partial charge in [-0.1, -0.05) is 20.3 Å². The van der Waals surface area contributed by atoms with E-state index in [4.69, 9.17) is 0 Å². The van der Waals surface area contributed by atoms with Gasteiger partial charge >= 0.3 is 0 Å². The van der Waals surface area contributed by atoms with Crippen molar-refractivity contribution in [2.75, 3.05) is 44.7 Å². The predicted octanol–water partition coefficient (Wildman–Crippen LogP) is 2.05. The number of aryl methyl sites for hydroxylation is 1. The molecular weight excluding hydrogens is 342 g/mol. The normalized spacial score (nSPS) is 15.3. The Morgan fingerprint density at radius 2 is 1.96 bits per heavy atom. The number of anilines is 1. The van der Waals surface area contributed by atoms with Crippen LogP contribution in [0.4, 0.5) is 5.82 Å². The molecular formula is C20H29N5O2. The van der Waals surface area contributed by atoms with Gasteiger partial charge in [0.2, 0.25) is 6.41 Å². The van der Waals surface area contributed by atoms with Gasteiger partial charge in [0.25, 0.3) is 5.91 Å². The van der Waals surface area contributed by atoms with Gasteiger partial charge in [-0.25, -0.2) is 4.98 Å². The molecule has 0 bridgehead atoms. The lowest BCUT2D eigenvalue weighted by Gasteiger charge is -2.32. The summed E-state index contributed by atoms with van der Waals surface area (Å²) in [6, 6.07) is 3.71. The van der Waals surface area contributed by atoms with Crippen LogP contribution < -0.4 is 4.90 Å². The van der Waals surface area contributed by atoms with E-state index in [-0.39, 0.29) is 5.91 Å². The van der Waals surface area contributed by atoms with E-state index >= 15 is 0 Å². The molecule has 0 N–H and O–H groups in total. The minimum absolute atomic E-state index is 0.0360. The van der Waals surface area contributed by atoms with Crippen LogP contribution in [0.25, 0.3) is 5.65 Å². The lowest BCUT2D eigenvalue weighted by atomic mass is 10.2. The molecule has 0 atom stereocenters. The summed E-state index contributed by atoms with van der Waals surface area (Å²) in [7, 11) is 2.07. The fourth-order valence-electron chi connectivity index (χ4n) is 3.48. The Labute approximate surface area is 160 Å². The molecule has 2 aromatic heterocycles. The van der Waals surface area contributed by atoms with Gasteiger partial charge in [-0.2, -0.15) is 0 Å². The van der Waals surface area contributed by atoms with E-state index in [1.807, 2.05) is 34.6 Å². The largest absolute Gasteiger partial charge is 0.336 e. The maximum absolute atomic E-state index is 12.9. The Morgan fingerprint density at radius 1 is 1.22 bits per heavy atom. The number of likely N-dealkylation sites (N-methyl/N-ethyl adjacent to an activating group) is 1. The average molecular weight is 371 g/mol. The molecule has 1 aliphatic heterocycles. The Balaban J connectivity index is 1.96. The number of hydrogen-bond donors (Lipinski definition) is 0. The Hall–Kier alpha value is -2.41. The first-order chi connectivity index (χ1) is 13.1. The van der Waals surface area contributed by atoms with Gasteiger partial charge in [0, 0.05) is 38.9 Å². The first kappa shape index (κ1) is 19.4. The van der Waals surface area contributed by atoms with Crippen LogP contribution >= 0.6 is 0 Å². The van der Waals surface area contributed by atoms with Crippen LogP contribution in [0.1, 0.15) is 42.7 Å². The quantitative estimate of drug-likeness (QED) is 0.699. The third-order valence-corrected chi connectivity index (χ3v) is 5.19. The van der Waals surface area contributed by atoms with Gasteiger partial charge in [0.05, 0.1) is 11.3 Å².